The second kappa shape index (κ2) is 5.41. The first-order valence-corrected chi connectivity index (χ1v) is 6.66. The molecule has 0 saturated heterocycles. The van der Waals surface area contributed by atoms with Crippen LogP contribution in [-0.2, 0) is 6.42 Å². The lowest BCUT2D eigenvalue weighted by molar-refractivity contribution is 0.177. The van der Waals surface area contributed by atoms with Gasteiger partial charge in [-0.15, -0.1) is 0 Å². The van der Waals surface area contributed by atoms with E-state index in [1.54, 1.807) is 6.20 Å². The van der Waals surface area contributed by atoms with Crippen LogP contribution in [0.25, 0.3) is 0 Å². The molecule has 2 aromatic rings. The fourth-order valence-electron chi connectivity index (χ4n) is 1.98. The fourth-order valence-corrected chi connectivity index (χ4v) is 1.98. The van der Waals surface area contributed by atoms with Crippen molar-refractivity contribution in [1.82, 2.24) is 4.98 Å². The van der Waals surface area contributed by atoms with Crippen LogP contribution in [0, 0.1) is 0 Å². The maximum absolute atomic E-state index is 10.2. The molecule has 1 atom stereocenters. The zero-order valence-electron chi connectivity index (χ0n) is 10.7. The monoisotopic (exact) mass is 255 g/mol. The molecule has 1 aliphatic rings. The van der Waals surface area contributed by atoms with Crippen molar-refractivity contribution in [3.63, 3.8) is 0 Å². The standard InChI is InChI=1S/C16H17NO2/c18-16(11-13-3-1-2-10-17-13)12-4-6-14(7-5-12)19-15-8-9-15/h1-7,10,15-16,18H,8-9,11H2. The third-order valence-electron chi connectivity index (χ3n) is 3.22. The van der Waals surface area contributed by atoms with Crippen LogP contribution in [0.15, 0.2) is 48.7 Å². The Kier molecular flexibility index (Phi) is 3.47. The number of aliphatic hydroxyl groups excluding tert-OH is 1. The number of rotatable bonds is 5. The first kappa shape index (κ1) is 12.2. The SMILES string of the molecule is OC(Cc1ccccn1)c1ccc(OC2CC2)cc1. The zero-order valence-corrected chi connectivity index (χ0v) is 10.7. The Morgan fingerprint density at radius 2 is 1.95 bits per heavy atom. The summed E-state index contributed by atoms with van der Waals surface area (Å²) < 4.78 is 5.68. The Bertz CT molecular complexity index is 520. The van der Waals surface area contributed by atoms with E-state index in [1.807, 2.05) is 42.5 Å². The molecular weight excluding hydrogens is 238 g/mol. The van der Waals surface area contributed by atoms with Gasteiger partial charge in [-0.05, 0) is 42.7 Å². The predicted octanol–water partition coefficient (Wildman–Crippen LogP) is 2.90. The predicted molar refractivity (Wildman–Crippen MR) is 73.0 cm³/mol. The normalized spacial score (nSPS) is 16.1. The summed E-state index contributed by atoms with van der Waals surface area (Å²) in [6.45, 7) is 0. The summed E-state index contributed by atoms with van der Waals surface area (Å²) in [6.07, 6.45) is 4.47. The Hall–Kier alpha value is -1.87. The van der Waals surface area contributed by atoms with E-state index in [9.17, 15) is 5.11 Å². The maximum Gasteiger partial charge on any atom is 0.119 e. The maximum atomic E-state index is 10.2. The molecule has 98 valence electrons. The zero-order chi connectivity index (χ0) is 13.1. The molecule has 1 aliphatic carbocycles. The number of aromatic nitrogens is 1. The first-order valence-electron chi connectivity index (χ1n) is 6.66. The van der Waals surface area contributed by atoms with Gasteiger partial charge in [0.25, 0.3) is 0 Å². The summed E-state index contributed by atoms with van der Waals surface area (Å²) in [7, 11) is 0. The van der Waals surface area contributed by atoms with Crippen LogP contribution >= 0.6 is 0 Å². The van der Waals surface area contributed by atoms with Crippen LogP contribution in [0.2, 0.25) is 0 Å². The Morgan fingerprint density at radius 3 is 2.58 bits per heavy atom. The first-order chi connectivity index (χ1) is 9.31. The van der Waals surface area contributed by atoms with Crippen molar-refractivity contribution in [3.05, 3.63) is 59.9 Å². The van der Waals surface area contributed by atoms with Gasteiger partial charge in [-0.25, -0.2) is 0 Å². The quantitative estimate of drug-likeness (QED) is 0.893. The summed E-state index contributed by atoms with van der Waals surface area (Å²) in [5, 5.41) is 10.2. The van der Waals surface area contributed by atoms with Crippen LogP contribution in [-0.4, -0.2) is 16.2 Å². The molecule has 1 heterocycles. The van der Waals surface area contributed by atoms with Crippen molar-refractivity contribution < 1.29 is 9.84 Å². The second-order valence-corrected chi connectivity index (χ2v) is 4.93. The van der Waals surface area contributed by atoms with Crippen molar-refractivity contribution >= 4 is 0 Å². The molecule has 1 aromatic carbocycles. The van der Waals surface area contributed by atoms with Crippen LogP contribution in [0.4, 0.5) is 0 Å². The minimum atomic E-state index is -0.523. The molecule has 1 N–H and O–H groups in total. The number of pyridine rings is 1. The summed E-state index contributed by atoms with van der Waals surface area (Å²) in [5.41, 5.74) is 1.79. The molecule has 0 spiro atoms. The summed E-state index contributed by atoms with van der Waals surface area (Å²) in [5.74, 6) is 0.885. The summed E-state index contributed by atoms with van der Waals surface area (Å²) in [6, 6.07) is 13.4. The van der Waals surface area contributed by atoms with Crippen LogP contribution < -0.4 is 4.74 Å². The summed E-state index contributed by atoms with van der Waals surface area (Å²) >= 11 is 0. The van der Waals surface area contributed by atoms with Gasteiger partial charge in [0.05, 0.1) is 12.2 Å². The van der Waals surface area contributed by atoms with Crippen molar-refractivity contribution in [2.45, 2.75) is 31.5 Å². The topological polar surface area (TPSA) is 42.4 Å². The Labute approximate surface area is 112 Å². The lowest BCUT2D eigenvalue weighted by atomic mass is 10.0. The molecule has 0 bridgehead atoms. The van der Waals surface area contributed by atoms with E-state index in [2.05, 4.69) is 4.98 Å². The van der Waals surface area contributed by atoms with Crippen LogP contribution in [0.3, 0.4) is 0 Å². The van der Waals surface area contributed by atoms with E-state index in [0.717, 1.165) is 29.8 Å². The highest BCUT2D eigenvalue weighted by Gasteiger charge is 2.23. The lowest BCUT2D eigenvalue weighted by Gasteiger charge is -2.11. The molecule has 3 rings (SSSR count). The molecule has 1 aromatic heterocycles. The number of ether oxygens (including phenoxy) is 1. The molecule has 1 unspecified atom stereocenters. The van der Waals surface area contributed by atoms with Gasteiger partial charge >= 0.3 is 0 Å². The molecule has 0 radical (unpaired) electrons. The van der Waals surface area contributed by atoms with Gasteiger partial charge in [-0.1, -0.05) is 18.2 Å². The average Bonchev–Trinajstić information content (AvgIpc) is 3.25. The van der Waals surface area contributed by atoms with E-state index in [0.29, 0.717) is 12.5 Å². The van der Waals surface area contributed by atoms with E-state index in [-0.39, 0.29) is 0 Å². The Balaban J connectivity index is 1.64. The average molecular weight is 255 g/mol. The van der Waals surface area contributed by atoms with E-state index in [1.165, 1.54) is 0 Å². The number of hydrogen-bond acceptors (Lipinski definition) is 3. The molecule has 0 aliphatic heterocycles. The third kappa shape index (κ3) is 3.32. The minimum Gasteiger partial charge on any atom is -0.490 e. The van der Waals surface area contributed by atoms with Gasteiger partial charge in [-0.3, -0.25) is 4.98 Å². The van der Waals surface area contributed by atoms with E-state index < -0.39 is 6.10 Å². The van der Waals surface area contributed by atoms with Crippen molar-refractivity contribution in [3.8, 4) is 5.75 Å². The molecule has 3 nitrogen and oxygen atoms in total. The lowest BCUT2D eigenvalue weighted by Crippen LogP contribution is -2.03. The fraction of sp³-hybridized carbons (Fsp3) is 0.312. The van der Waals surface area contributed by atoms with Crippen molar-refractivity contribution in [2.24, 2.45) is 0 Å². The third-order valence-corrected chi connectivity index (χ3v) is 3.22. The van der Waals surface area contributed by atoms with E-state index >= 15 is 0 Å². The van der Waals surface area contributed by atoms with Crippen molar-refractivity contribution in [2.75, 3.05) is 0 Å². The molecule has 3 heteroatoms. The Morgan fingerprint density at radius 1 is 1.16 bits per heavy atom. The van der Waals surface area contributed by atoms with Gasteiger partial charge in [0.15, 0.2) is 0 Å². The molecular formula is C16H17NO2. The largest absolute Gasteiger partial charge is 0.490 e. The molecule has 19 heavy (non-hydrogen) atoms. The van der Waals surface area contributed by atoms with Gasteiger partial charge < -0.3 is 9.84 Å². The molecule has 1 saturated carbocycles. The smallest absolute Gasteiger partial charge is 0.119 e. The number of aliphatic hydroxyl groups is 1. The molecule has 1 fully saturated rings. The van der Waals surface area contributed by atoms with Gasteiger partial charge in [0.2, 0.25) is 0 Å². The number of hydrogen-bond donors (Lipinski definition) is 1. The van der Waals surface area contributed by atoms with Gasteiger partial charge in [0.1, 0.15) is 5.75 Å². The highest BCUT2D eigenvalue weighted by atomic mass is 16.5. The number of nitrogens with zero attached hydrogens (tertiary/aromatic N) is 1. The van der Waals surface area contributed by atoms with Gasteiger partial charge in [-0.2, -0.15) is 0 Å². The van der Waals surface area contributed by atoms with Crippen molar-refractivity contribution in [1.29, 1.82) is 0 Å². The van der Waals surface area contributed by atoms with Gasteiger partial charge in [0, 0.05) is 18.3 Å². The van der Waals surface area contributed by atoms with Crippen LogP contribution in [0.1, 0.15) is 30.2 Å². The van der Waals surface area contributed by atoms with E-state index in [4.69, 9.17) is 4.74 Å². The van der Waals surface area contributed by atoms with Crippen LogP contribution in [0.5, 0.6) is 5.75 Å². The second-order valence-electron chi connectivity index (χ2n) is 4.93. The highest BCUT2D eigenvalue weighted by molar-refractivity contribution is 5.29. The summed E-state index contributed by atoms with van der Waals surface area (Å²) in [4.78, 5) is 4.22. The molecule has 0 amide bonds. The highest BCUT2D eigenvalue weighted by Crippen LogP contribution is 2.27. The minimum absolute atomic E-state index is 0.407. The number of benzene rings is 1.